The Hall–Kier alpha value is -2.48. The molecule has 8 heteroatoms. The Balaban J connectivity index is 2.14. The van der Waals surface area contributed by atoms with Crippen LogP contribution in [0.1, 0.15) is 59.4 Å². The summed E-state index contributed by atoms with van der Waals surface area (Å²) >= 11 is 1.23. The van der Waals surface area contributed by atoms with Crippen LogP contribution in [-0.4, -0.2) is 32.7 Å². The fraction of sp³-hybridized carbons (Fsp3) is 0.333. The summed E-state index contributed by atoms with van der Waals surface area (Å²) in [6, 6.07) is 0. The zero-order chi connectivity index (χ0) is 17.3. The largest absolute Gasteiger partial charge is 0.476 e. The highest BCUT2D eigenvalue weighted by atomic mass is 32.1. The molecular formula is C15H17N3O4S. The number of aromatic nitrogens is 2. The first-order valence-electron chi connectivity index (χ1n) is 6.90. The van der Waals surface area contributed by atoms with Crippen LogP contribution < -0.4 is 5.32 Å². The Morgan fingerprint density at radius 2 is 1.91 bits per heavy atom. The maximum absolute atomic E-state index is 12.3. The number of thiazole rings is 1. The van der Waals surface area contributed by atoms with Gasteiger partial charge < -0.3 is 15.4 Å². The minimum absolute atomic E-state index is 0.00464. The molecule has 2 aromatic heterocycles. The molecule has 2 rings (SSSR count). The number of carbonyl (C=O) groups is 3. The van der Waals surface area contributed by atoms with Crippen molar-refractivity contribution >= 4 is 29.0 Å². The lowest BCUT2D eigenvalue weighted by molar-refractivity contribution is 0.0690. The van der Waals surface area contributed by atoms with E-state index >= 15 is 0 Å². The van der Waals surface area contributed by atoms with Gasteiger partial charge in [0.25, 0.3) is 5.91 Å². The van der Waals surface area contributed by atoms with Gasteiger partial charge in [-0.25, -0.2) is 9.78 Å². The van der Waals surface area contributed by atoms with Crippen LogP contribution in [0.25, 0.3) is 0 Å². The summed E-state index contributed by atoms with van der Waals surface area (Å²) in [7, 11) is 0. The average molecular weight is 335 g/mol. The van der Waals surface area contributed by atoms with Gasteiger partial charge in [0.05, 0.1) is 6.54 Å². The number of hydrogen-bond donors (Lipinski definition) is 3. The molecule has 0 radical (unpaired) electrons. The van der Waals surface area contributed by atoms with Gasteiger partial charge in [0.15, 0.2) is 11.5 Å². The molecular weight excluding hydrogens is 318 g/mol. The Labute approximate surface area is 136 Å². The summed E-state index contributed by atoms with van der Waals surface area (Å²) in [4.78, 5) is 42.3. The van der Waals surface area contributed by atoms with E-state index in [1.54, 1.807) is 20.8 Å². The van der Waals surface area contributed by atoms with Crippen LogP contribution in [0.2, 0.25) is 0 Å². The van der Waals surface area contributed by atoms with E-state index < -0.39 is 5.97 Å². The predicted octanol–water partition coefficient (Wildman–Crippen LogP) is 2.23. The van der Waals surface area contributed by atoms with Crippen LogP contribution in [0.4, 0.5) is 0 Å². The van der Waals surface area contributed by atoms with Crippen LogP contribution in [0.3, 0.4) is 0 Å². The zero-order valence-electron chi connectivity index (χ0n) is 13.2. The molecule has 122 valence electrons. The zero-order valence-corrected chi connectivity index (χ0v) is 14.1. The number of rotatable bonds is 5. The third kappa shape index (κ3) is 3.31. The molecule has 2 heterocycles. The van der Waals surface area contributed by atoms with Gasteiger partial charge in [-0.3, -0.25) is 9.59 Å². The van der Waals surface area contributed by atoms with Crippen molar-refractivity contribution in [3.8, 4) is 0 Å². The van der Waals surface area contributed by atoms with Gasteiger partial charge >= 0.3 is 5.97 Å². The van der Waals surface area contributed by atoms with Crippen molar-refractivity contribution in [1.29, 1.82) is 0 Å². The highest BCUT2D eigenvalue weighted by Crippen LogP contribution is 2.20. The second kappa shape index (κ2) is 6.33. The van der Waals surface area contributed by atoms with E-state index in [1.165, 1.54) is 18.3 Å². The van der Waals surface area contributed by atoms with E-state index in [1.807, 2.05) is 0 Å². The fourth-order valence-electron chi connectivity index (χ4n) is 2.47. The van der Waals surface area contributed by atoms with Gasteiger partial charge in [0.2, 0.25) is 0 Å². The third-order valence-electron chi connectivity index (χ3n) is 3.46. The number of aromatic amines is 1. The molecule has 7 nitrogen and oxygen atoms in total. The van der Waals surface area contributed by atoms with Crippen LogP contribution in [0, 0.1) is 20.8 Å². The van der Waals surface area contributed by atoms with E-state index in [0.717, 1.165) is 0 Å². The number of aryl methyl sites for hydroxylation is 2. The number of H-pyrrole nitrogens is 1. The summed E-state index contributed by atoms with van der Waals surface area (Å²) in [5, 5.41) is 12.2. The van der Waals surface area contributed by atoms with Crippen molar-refractivity contribution < 1.29 is 19.5 Å². The van der Waals surface area contributed by atoms with Crippen molar-refractivity contribution in [3.05, 3.63) is 38.1 Å². The molecule has 3 N–H and O–H groups in total. The SMILES string of the molecule is CC(=O)c1c(C)[nH]c(C(=O)NCc2nc(C(=O)O)c(C)s2)c1C. The molecule has 0 aliphatic heterocycles. The minimum Gasteiger partial charge on any atom is -0.476 e. The lowest BCUT2D eigenvalue weighted by atomic mass is 10.1. The second-order valence-electron chi connectivity index (χ2n) is 5.18. The van der Waals surface area contributed by atoms with E-state index in [-0.39, 0.29) is 23.9 Å². The Morgan fingerprint density at radius 3 is 2.39 bits per heavy atom. The summed E-state index contributed by atoms with van der Waals surface area (Å²) in [5.74, 6) is -1.54. The van der Waals surface area contributed by atoms with Crippen molar-refractivity contribution in [2.24, 2.45) is 0 Å². The van der Waals surface area contributed by atoms with Crippen LogP contribution >= 0.6 is 11.3 Å². The summed E-state index contributed by atoms with van der Waals surface area (Å²) in [6.45, 7) is 6.71. The quantitative estimate of drug-likeness (QED) is 0.725. The Bertz CT molecular complexity index is 804. The van der Waals surface area contributed by atoms with Crippen molar-refractivity contribution in [3.63, 3.8) is 0 Å². The smallest absolute Gasteiger partial charge is 0.355 e. The van der Waals surface area contributed by atoms with Crippen molar-refractivity contribution in [2.45, 2.75) is 34.2 Å². The first-order valence-corrected chi connectivity index (χ1v) is 7.72. The number of Topliss-reactive ketones (excluding diaryl/α,β-unsaturated/α-hetero) is 1. The molecule has 23 heavy (non-hydrogen) atoms. The lowest BCUT2D eigenvalue weighted by Crippen LogP contribution is -2.24. The summed E-state index contributed by atoms with van der Waals surface area (Å²) in [5.41, 5.74) is 2.12. The van der Waals surface area contributed by atoms with Gasteiger partial charge in [-0.05, 0) is 33.3 Å². The molecule has 0 fully saturated rings. The molecule has 0 bridgehead atoms. The molecule has 0 unspecified atom stereocenters. The number of carboxylic acids is 1. The lowest BCUT2D eigenvalue weighted by Gasteiger charge is -2.02. The van der Waals surface area contributed by atoms with Crippen LogP contribution in [-0.2, 0) is 6.54 Å². The van der Waals surface area contributed by atoms with Crippen molar-refractivity contribution in [2.75, 3.05) is 0 Å². The summed E-state index contributed by atoms with van der Waals surface area (Å²) in [6.07, 6.45) is 0. The Morgan fingerprint density at radius 1 is 1.26 bits per heavy atom. The number of carboxylic acid groups (broad SMARTS) is 1. The number of hydrogen-bond acceptors (Lipinski definition) is 5. The second-order valence-corrected chi connectivity index (χ2v) is 6.47. The minimum atomic E-state index is -1.08. The monoisotopic (exact) mass is 335 g/mol. The number of nitrogens with zero attached hydrogens (tertiary/aromatic N) is 1. The van der Waals surface area contributed by atoms with Crippen LogP contribution in [0.5, 0.6) is 0 Å². The van der Waals surface area contributed by atoms with Gasteiger partial charge in [-0.15, -0.1) is 11.3 Å². The molecule has 0 aliphatic carbocycles. The highest BCUT2D eigenvalue weighted by Gasteiger charge is 2.20. The number of nitrogens with one attached hydrogen (secondary N) is 2. The number of ketones is 1. The third-order valence-corrected chi connectivity index (χ3v) is 4.43. The van der Waals surface area contributed by atoms with Gasteiger partial charge in [0.1, 0.15) is 10.7 Å². The molecule has 0 spiro atoms. The van der Waals surface area contributed by atoms with Gasteiger partial charge in [-0.2, -0.15) is 0 Å². The van der Waals surface area contributed by atoms with Crippen molar-refractivity contribution in [1.82, 2.24) is 15.3 Å². The maximum atomic E-state index is 12.3. The van der Waals surface area contributed by atoms with E-state index in [2.05, 4.69) is 15.3 Å². The predicted molar refractivity (Wildman–Crippen MR) is 85.3 cm³/mol. The maximum Gasteiger partial charge on any atom is 0.355 e. The molecule has 1 amide bonds. The molecule has 0 saturated carbocycles. The number of carbonyl (C=O) groups excluding carboxylic acids is 2. The van der Waals surface area contributed by atoms with E-state index in [0.29, 0.717) is 32.4 Å². The van der Waals surface area contributed by atoms with Gasteiger partial charge in [-0.1, -0.05) is 0 Å². The number of aromatic carboxylic acids is 1. The summed E-state index contributed by atoms with van der Waals surface area (Å²) < 4.78 is 0. The fourth-order valence-corrected chi connectivity index (χ4v) is 3.34. The first-order chi connectivity index (χ1) is 10.7. The average Bonchev–Trinajstić information content (AvgIpc) is 2.96. The van der Waals surface area contributed by atoms with E-state index in [9.17, 15) is 14.4 Å². The molecule has 2 aromatic rings. The first kappa shape index (κ1) is 16.9. The molecule has 0 atom stereocenters. The Kier molecular flexibility index (Phi) is 4.65. The molecule has 0 aliphatic rings. The topological polar surface area (TPSA) is 112 Å². The highest BCUT2D eigenvalue weighted by molar-refractivity contribution is 7.11. The standard InChI is InChI=1S/C15H17N3O4S/c1-6-11(8(3)19)7(2)17-12(6)14(20)16-5-10-18-13(15(21)22)9(4)23-10/h17H,5H2,1-4H3,(H,16,20)(H,21,22). The van der Waals surface area contributed by atoms with Crippen LogP contribution in [0.15, 0.2) is 0 Å². The number of amides is 1. The molecule has 0 saturated heterocycles. The molecule has 0 aromatic carbocycles. The van der Waals surface area contributed by atoms with E-state index in [4.69, 9.17) is 5.11 Å². The normalized spacial score (nSPS) is 10.6. The van der Waals surface area contributed by atoms with Gasteiger partial charge in [0, 0.05) is 16.1 Å².